The normalized spacial score (nSPS) is 18.9. The van der Waals surface area contributed by atoms with E-state index in [2.05, 4.69) is 33.8 Å². The van der Waals surface area contributed by atoms with Crippen LogP contribution in [-0.2, 0) is 22.6 Å². The Morgan fingerprint density at radius 2 is 1.84 bits per heavy atom. The number of aryl methyl sites for hydroxylation is 1. The molecular formula is C33H43ClF3N7O5S. The number of hydrogen-bond donors (Lipinski definition) is 1. The van der Waals surface area contributed by atoms with E-state index in [-0.39, 0.29) is 64.9 Å². The van der Waals surface area contributed by atoms with Crippen LogP contribution in [0.1, 0.15) is 89.9 Å². The Bertz CT molecular complexity index is 1670. The lowest BCUT2D eigenvalue weighted by molar-refractivity contribution is -0.190. The molecule has 17 heteroatoms. The quantitative estimate of drug-likeness (QED) is 0.114. The molecule has 1 aliphatic heterocycles. The van der Waals surface area contributed by atoms with Crippen LogP contribution < -0.4 is 9.46 Å². The van der Waals surface area contributed by atoms with E-state index in [4.69, 9.17) is 21.1 Å². The first-order valence-corrected chi connectivity index (χ1v) is 18.1. The van der Waals surface area contributed by atoms with Crippen LogP contribution in [0, 0.1) is 11.3 Å². The Morgan fingerprint density at radius 3 is 2.50 bits per heavy atom. The maximum atomic E-state index is 13.1. The van der Waals surface area contributed by atoms with Gasteiger partial charge in [0.25, 0.3) is 10.9 Å². The molecule has 1 saturated heterocycles. The number of unbranched alkanes of at least 4 members (excludes halogenated alkanes) is 1. The standard InChI is InChI=1S/C33H43ClF3N7O5S/c1-30(2,3)49-29(46)43-21-22(20-31(43,4)5)8-6-7-16-42-17-12-26(40-42)50(47)41-28(45)23-9-10-24(38-27(23)34)44-18-11-25(39-44)48-19-15-32(13-14-32)33(35,36)37/h9-12,17-18,22H,6-8,13-16,19-21H2,1-5H3,(H,41,45). The Morgan fingerprint density at radius 1 is 1.10 bits per heavy atom. The number of carbonyl (C=O) groups is 2. The zero-order valence-corrected chi connectivity index (χ0v) is 30.3. The molecule has 1 aliphatic carbocycles. The molecular weight excluding hydrogens is 699 g/mol. The topological polar surface area (TPSA) is 139 Å². The lowest BCUT2D eigenvalue weighted by Gasteiger charge is -2.33. The van der Waals surface area contributed by atoms with Crippen LogP contribution in [-0.4, -0.2) is 76.5 Å². The number of likely N-dealkylation sites (tertiary alicyclic amines) is 1. The molecule has 5 rings (SSSR count). The van der Waals surface area contributed by atoms with Crippen molar-refractivity contribution in [1.29, 1.82) is 0 Å². The number of alkyl halides is 3. The van der Waals surface area contributed by atoms with Gasteiger partial charge in [-0.2, -0.15) is 17.9 Å². The summed E-state index contributed by atoms with van der Waals surface area (Å²) in [6, 6.07) is 5.93. The first-order chi connectivity index (χ1) is 23.4. The molecule has 0 aromatic carbocycles. The Kier molecular flexibility index (Phi) is 11.0. The van der Waals surface area contributed by atoms with Crippen molar-refractivity contribution < 1.29 is 36.8 Å². The molecule has 1 saturated carbocycles. The first kappa shape index (κ1) is 37.7. The second-order valence-corrected chi connectivity index (χ2v) is 16.1. The Hall–Kier alpha value is -3.50. The highest BCUT2D eigenvalue weighted by Crippen LogP contribution is 2.59. The second-order valence-electron chi connectivity index (χ2n) is 14.6. The summed E-state index contributed by atoms with van der Waals surface area (Å²) in [6.45, 7) is 10.8. The summed E-state index contributed by atoms with van der Waals surface area (Å²) >= 11 is 4.33. The van der Waals surface area contributed by atoms with Crippen LogP contribution >= 0.6 is 11.6 Å². The maximum Gasteiger partial charge on any atom is 0.410 e. The number of amides is 2. The number of ether oxygens (including phenoxy) is 2. The van der Waals surface area contributed by atoms with E-state index in [0.717, 1.165) is 25.7 Å². The summed E-state index contributed by atoms with van der Waals surface area (Å²) < 4.78 is 68.7. The maximum absolute atomic E-state index is 13.1. The van der Waals surface area contributed by atoms with E-state index < -0.39 is 34.5 Å². The van der Waals surface area contributed by atoms with Gasteiger partial charge in [0.1, 0.15) is 22.1 Å². The van der Waals surface area contributed by atoms with Crippen molar-refractivity contribution in [3.8, 4) is 11.7 Å². The second kappa shape index (κ2) is 14.6. The lowest BCUT2D eigenvalue weighted by atomic mass is 9.93. The number of rotatable bonds is 13. The summed E-state index contributed by atoms with van der Waals surface area (Å²) in [7, 11) is 0. The summed E-state index contributed by atoms with van der Waals surface area (Å²) in [5.41, 5.74) is -2.49. The molecule has 0 bridgehead atoms. The van der Waals surface area contributed by atoms with Crippen LogP contribution in [0.4, 0.5) is 18.0 Å². The number of pyridine rings is 1. The average Bonchev–Trinajstić information content (AvgIpc) is 3.31. The average molecular weight is 742 g/mol. The van der Waals surface area contributed by atoms with Crippen LogP contribution in [0.2, 0.25) is 5.15 Å². The van der Waals surface area contributed by atoms with E-state index in [1.807, 2.05) is 25.7 Å². The van der Waals surface area contributed by atoms with Gasteiger partial charge >= 0.3 is 12.3 Å². The first-order valence-electron chi connectivity index (χ1n) is 16.5. The van der Waals surface area contributed by atoms with E-state index in [1.165, 1.54) is 29.1 Å². The summed E-state index contributed by atoms with van der Waals surface area (Å²) in [4.78, 5) is 31.6. The molecule has 2 unspecified atom stereocenters. The van der Waals surface area contributed by atoms with Gasteiger partial charge in [0, 0.05) is 43.2 Å². The minimum atomic E-state index is -4.25. The molecule has 1 N–H and O–H groups in total. The lowest BCUT2D eigenvalue weighted by Crippen LogP contribution is -2.45. The summed E-state index contributed by atoms with van der Waals surface area (Å²) in [5.74, 6) is 0.0218. The van der Waals surface area contributed by atoms with Crippen LogP contribution in [0.15, 0.2) is 41.7 Å². The van der Waals surface area contributed by atoms with Crippen molar-refractivity contribution in [2.75, 3.05) is 13.2 Å². The Balaban J connectivity index is 1.06. The van der Waals surface area contributed by atoms with Crippen molar-refractivity contribution in [3.63, 3.8) is 0 Å². The van der Waals surface area contributed by atoms with Crippen molar-refractivity contribution in [2.24, 2.45) is 11.3 Å². The van der Waals surface area contributed by atoms with Crippen molar-refractivity contribution in [2.45, 2.75) is 108 Å². The molecule has 274 valence electrons. The number of carbonyl (C=O) groups excluding carboxylic acids is 2. The van der Waals surface area contributed by atoms with Gasteiger partial charge < -0.3 is 18.9 Å². The zero-order valence-electron chi connectivity index (χ0n) is 28.8. The molecule has 4 heterocycles. The third-order valence-electron chi connectivity index (χ3n) is 8.98. The highest BCUT2D eigenvalue weighted by atomic mass is 35.5. The van der Waals surface area contributed by atoms with E-state index >= 15 is 0 Å². The van der Waals surface area contributed by atoms with Gasteiger partial charge in [-0.25, -0.2) is 14.5 Å². The number of aromatic nitrogens is 5. The molecule has 2 atom stereocenters. The molecule has 0 radical (unpaired) electrons. The predicted octanol–water partition coefficient (Wildman–Crippen LogP) is 6.89. The molecule has 2 fully saturated rings. The van der Waals surface area contributed by atoms with Crippen LogP contribution in [0.3, 0.4) is 0 Å². The number of hydrogen-bond acceptors (Lipinski definition) is 8. The van der Waals surface area contributed by atoms with Crippen molar-refractivity contribution in [1.82, 2.24) is 34.2 Å². The molecule has 2 aliphatic rings. The molecule has 50 heavy (non-hydrogen) atoms. The highest BCUT2D eigenvalue weighted by Gasteiger charge is 2.62. The van der Waals surface area contributed by atoms with Gasteiger partial charge in [-0.3, -0.25) is 9.48 Å². The van der Waals surface area contributed by atoms with Gasteiger partial charge in [-0.15, -0.1) is 10.2 Å². The zero-order chi connectivity index (χ0) is 36.5. The summed E-state index contributed by atoms with van der Waals surface area (Å²) in [6.07, 6.45) is 2.36. The van der Waals surface area contributed by atoms with Gasteiger partial charge in [0.05, 0.1) is 17.6 Å². The van der Waals surface area contributed by atoms with Gasteiger partial charge in [-0.05, 0) is 91.2 Å². The van der Waals surface area contributed by atoms with Gasteiger partial charge in [-0.1, -0.05) is 18.0 Å². The molecule has 3 aromatic rings. The molecule has 2 amide bonds. The van der Waals surface area contributed by atoms with Crippen LogP contribution in [0.25, 0.3) is 5.82 Å². The third kappa shape index (κ3) is 9.23. The van der Waals surface area contributed by atoms with E-state index in [9.17, 15) is 27.3 Å². The van der Waals surface area contributed by atoms with E-state index in [0.29, 0.717) is 19.0 Å². The van der Waals surface area contributed by atoms with Crippen molar-refractivity contribution in [3.05, 3.63) is 47.4 Å². The minimum Gasteiger partial charge on any atom is -0.586 e. The van der Waals surface area contributed by atoms with E-state index in [1.54, 1.807) is 16.9 Å². The summed E-state index contributed by atoms with van der Waals surface area (Å²) in [5, 5.41) is 8.54. The van der Waals surface area contributed by atoms with Crippen molar-refractivity contribution >= 4 is 35.0 Å². The molecule has 12 nitrogen and oxygen atoms in total. The SMILES string of the molecule is CC(C)(C)OC(=O)N1CC(CCCCn2ccc([S+]([O-])NC(=O)c3ccc(-n4ccc(OCCC5(C(F)(F)F)CC5)n4)nc3Cl)n2)CC1(C)C. The predicted molar refractivity (Wildman–Crippen MR) is 179 cm³/mol. The fraction of sp³-hybridized carbons (Fsp3) is 0.606. The fourth-order valence-corrected chi connectivity index (χ4v) is 7.08. The largest absolute Gasteiger partial charge is 0.586 e. The van der Waals surface area contributed by atoms with Crippen LogP contribution in [0.5, 0.6) is 5.88 Å². The fourth-order valence-electron chi connectivity index (χ4n) is 6.09. The smallest absolute Gasteiger partial charge is 0.410 e. The van der Waals surface area contributed by atoms with Gasteiger partial charge in [0.15, 0.2) is 5.82 Å². The molecule has 3 aromatic heterocycles. The van der Waals surface area contributed by atoms with Gasteiger partial charge in [0.2, 0.25) is 5.88 Å². The Labute approximate surface area is 297 Å². The molecule has 0 spiro atoms. The highest BCUT2D eigenvalue weighted by molar-refractivity contribution is 7.90. The number of nitrogens with one attached hydrogen (secondary N) is 1. The monoisotopic (exact) mass is 741 g/mol. The number of halogens is 4. The third-order valence-corrected chi connectivity index (χ3v) is 10.2. The minimum absolute atomic E-state index is 0.0194. The number of nitrogens with zero attached hydrogens (tertiary/aromatic N) is 6.